The molecule has 0 aliphatic rings. The molecule has 0 aliphatic carbocycles. The molecule has 1 N–H and O–H groups in total. The molecule has 0 saturated carbocycles. The van der Waals surface area contributed by atoms with Crippen LogP contribution in [0, 0.1) is 0 Å². The van der Waals surface area contributed by atoms with Gasteiger partial charge in [0.2, 0.25) is 0 Å². The minimum atomic E-state index is 0.268. The molecule has 0 fully saturated rings. The van der Waals surface area contributed by atoms with Gasteiger partial charge >= 0.3 is 0 Å². The molecule has 19 heavy (non-hydrogen) atoms. The molecule has 0 saturated heterocycles. The number of rotatable bonds is 4. The fraction of sp³-hybridized carbons (Fsp3) is 0.312. The first-order valence-corrected chi connectivity index (χ1v) is 7.33. The average molecular weight is 319 g/mol. The second kappa shape index (κ2) is 6.20. The number of nitrogens with one attached hydrogen (secondary N) is 1. The van der Waals surface area contributed by atoms with Gasteiger partial charge in [0.25, 0.3) is 0 Å². The molecular formula is C16H19BrN2. The third kappa shape index (κ3) is 3.80. The zero-order chi connectivity index (χ0) is 13.8. The van der Waals surface area contributed by atoms with Gasteiger partial charge in [-0.15, -0.1) is 0 Å². The number of halogens is 1. The quantitative estimate of drug-likeness (QED) is 0.789. The van der Waals surface area contributed by atoms with Gasteiger partial charge < -0.3 is 5.32 Å². The van der Waals surface area contributed by atoms with Gasteiger partial charge in [-0.25, -0.2) is 4.98 Å². The van der Waals surface area contributed by atoms with Crippen LogP contribution < -0.4 is 5.32 Å². The Morgan fingerprint density at radius 3 is 2.11 bits per heavy atom. The highest BCUT2D eigenvalue weighted by molar-refractivity contribution is 9.10. The predicted molar refractivity (Wildman–Crippen MR) is 84.5 cm³/mol. The van der Waals surface area contributed by atoms with Crippen molar-refractivity contribution in [2.75, 3.05) is 5.32 Å². The second-order valence-electron chi connectivity index (χ2n) is 5.06. The first-order valence-electron chi connectivity index (χ1n) is 6.54. The Balaban J connectivity index is 2.07. The zero-order valence-electron chi connectivity index (χ0n) is 11.5. The molecule has 0 aliphatic heterocycles. The van der Waals surface area contributed by atoms with Gasteiger partial charge in [0.1, 0.15) is 4.60 Å². The van der Waals surface area contributed by atoms with Crippen LogP contribution in [-0.2, 0) is 0 Å². The monoisotopic (exact) mass is 318 g/mol. The molecule has 1 aromatic carbocycles. The van der Waals surface area contributed by atoms with Crippen molar-refractivity contribution in [2.45, 2.75) is 32.7 Å². The number of benzene rings is 1. The van der Waals surface area contributed by atoms with Crippen LogP contribution in [0.15, 0.2) is 47.2 Å². The first kappa shape index (κ1) is 14.1. The van der Waals surface area contributed by atoms with Crippen LogP contribution in [0.2, 0.25) is 0 Å². The van der Waals surface area contributed by atoms with Crippen LogP contribution in [-0.4, -0.2) is 4.98 Å². The summed E-state index contributed by atoms with van der Waals surface area (Å²) in [6.45, 7) is 6.58. The molecule has 2 nitrogen and oxygen atoms in total. The lowest BCUT2D eigenvalue weighted by molar-refractivity contribution is 0.851. The molecule has 2 rings (SSSR count). The van der Waals surface area contributed by atoms with E-state index in [0.717, 1.165) is 10.3 Å². The van der Waals surface area contributed by atoms with Crippen molar-refractivity contribution in [3.05, 3.63) is 58.3 Å². The maximum atomic E-state index is 4.22. The maximum absolute atomic E-state index is 4.22. The summed E-state index contributed by atoms with van der Waals surface area (Å²) in [5.74, 6) is 0.577. The average Bonchev–Trinajstić information content (AvgIpc) is 2.41. The molecule has 1 atom stereocenters. The largest absolute Gasteiger partial charge is 0.377 e. The van der Waals surface area contributed by atoms with E-state index in [4.69, 9.17) is 0 Å². The van der Waals surface area contributed by atoms with E-state index in [2.05, 4.69) is 71.3 Å². The van der Waals surface area contributed by atoms with E-state index in [0.29, 0.717) is 5.92 Å². The molecule has 2 aromatic rings. The summed E-state index contributed by atoms with van der Waals surface area (Å²) >= 11 is 3.34. The topological polar surface area (TPSA) is 24.9 Å². The Bertz CT molecular complexity index is 517. The summed E-state index contributed by atoms with van der Waals surface area (Å²) in [4.78, 5) is 4.22. The summed E-state index contributed by atoms with van der Waals surface area (Å²) in [5, 5.41) is 3.45. The molecule has 1 unspecified atom stereocenters. The van der Waals surface area contributed by atoms with E-state index >= 15 is 0 Å². The van der Waals surface area contributed by atoms with Crippen molar-refractivity contribution in [3.63, 3.8) is 0 Å². The van der Waals surface area contributed by atoms with Gasteiger partial charge in [-0.1, -0.05) is 38.1 Å². The number of pyridine rings is 1. The first-order chi connectivity index (χ1) is 9.06. The smallest absolute Gasteiger partial charge is 0.106 e. The molecule has 0 bridgehead atoms. The van der Waals surface area contributed by atoms with Crippen LogP contribution in [0.4, 0.5) is 5.69 Å². The highest BCUT2D eigenvalue weighted by Gasteiger charge is 2.06. The Labute approximate surface area is 123 Å². The van der Waals surface area contributed by atoms with Gasteiger partial charge in [-0.05, 0) is 52.0 Å². The van der Waals surface area contributed by atoms with Crippen molar-refractivity contribution in [3.8, 4) is 0 Å². The van der Waals surface area contributed by atoms with E-state index in [-0.39, 0.29) is 6.04 Å². The number of nitrogens with zero attached hydrogens (tertiary/aromatic N) is 1. The third-order valence-corrected chi connectivity index (χ3v) is 3.68. The summed E-state index contributed by atoms with van der Waals surface area (Å²) in [7, 11) is 0. The maximum Gasteiger partial charge on any atom is 0.106 e. The van der Waals surface area contributed by atoms with Gasteiger partial charge in [-0.2, -0.15) is 0 Å². The fourth-order valence-corrected chi connectivity index (χ4v) is 2.20. The SMILES string of the molecule is CC(C)c1ccc(C(C)Nc2ccc(Br)nc2)cc1. The lowest BCUT2D eigenvalue weighted by atomic mass is 9.99. The Kier molecular flexibility index (Phi) is 4.59. The number of hydrogen-bond donors (Lipinski definition) is 1. The van der Waals surface area contributed by atoms with Crippen molar-refractivity contribution in [1.29, 1.82) is 0 Å². The highest BCUT2D eigenvalue weighted by atomic mass is 79.9. The minimum Gasteiger partial charge on any atom is -0.377 e. The van der Waals surface area contributed by atoms with Crippen molar-refractivity contribution < 1.29 is 0 Å². The van der Waals surface area contributed by atoms with E-state index in [1.54, 1.807) is 0 Å². The van der Waals surface area contributed by atoms with E-state index in [1.165, 1.54) is 11.1 Å². The van der Waals surface area contributed by atoms with Crippen molar-refractivity contribution >= 4 is 21.6 Å². The van der Waals surface area contributed by atoms with E-state index in [9.17, 15) is 0 Å². The Hall–Kier alpha value is -1.35. The Morgan fingerprint density at radius 1 is 0.947 bits per heavy atom. The van der Waals surface area contributed by atoms with Gasteiger partial charge in [-0.3, -0.25) is 0 Å². The lowest BCUT2D eigenvalue weighted by Crippen LogP contribution is -2.06. The molecule has 0 radical (unpaired) electrons. The normalized spacial score (nSPS) is 12.5. The zero-order valence-corrected chi connectivity index (χ0v) is 13.1. The van der Waals surface area contributed by atoms with Crippen LogP contribution >= 0.6 is 15.9 Å². The van der Waals surface area contributed by atoms with Gasteiger partial charge in [0.15, 0.2) is 0 Å². The molecule has 100 valence electrons. The van der Waals surface area contributed by atoms with Crippen molar-refractivity contribution in [2.24, 2.45) is 0 Å². The third-order valence-electron chi connectivity index (χ3n) is 3.21. The second-order valence-corrected chi connectivity index (χ2v) is 5.87. The van der Waals surface area contributed by atoms with Gasteiger partial charge in [0, 0.05) is 6.04 Å². The Morgan fingerprint density at radius 2 is 1.58 bits per heavy atom. The van der Waals surface area contributed by atoms with Crippen LogP contribution in [0.5, 0.6) is 0 Å². The summed E-state index contributed by atoms with van der Waals surface area (Å²) < 4.78 is 0.854. The van der Waals surface area contributed by atoms with Crippen LogP contribution in [0.3, 0.4) is 0 Å². The van der Waals surface area contributed by atoms with E-state index < -0.39 is 0 Å². The molecule has 0 spiro atoms. The molecule has 1 aromatic heterocycles. The summed E-state index contributed by atoms with van der Waals surface area (Å²) in [5.41, 5.74) is 3.69. The molecule has 3 heteroatoms. The predicted octanol–water partition coefficient (Wildman–Crippen LogP) is 5.14. The van der Waals surface area contributed by atoms with E-state index in [1.807, 2.05) is 18.3 Å². The molecule has 1 heterocycles. The molecular weight excluding hydrogens is 300 g/mol. The summed E-state index contributed by atoms with van der Waals surface area (Å²) in [6, 6.07) is 13.0. The standard InChI is InChI=1S/C16H19BrN2/c1-11(2)13-4-6-14(7-5-13)12(3)19-15-8-9-16(17)18-10-15/h4-12,19H,1-3H3. The number of anilines is 1. The number of hydrogen-bond acceptors (Lipinski definition) is 2. The van der Waals surface area contributed by atoms with Crippen LogP contribution in [0.1, 0.15) is 43.9 Å². The number of aromatic nitrogens is 1. The molecule has 0 amide bonds. The van der Waals surface area contributed by atoms with Gasteiger partial charge in [0.05, 0.1) is 11.9 Å². The fourth-order valence-electron chi connectivity index (χ4n) is 1.96. The highest BCUT2D eigenvalue weighted by Crippen LogP contribution is 2.22. The summed E-state index contributed by atoms with van der Waals surface area (Å²) in [6.07, 6.45) is 1.84. The minimum absolute atomic E-state index is 0.268. The lowest BCUT2D eigenvalue weighted by Gasteiger charge is -2.16. The van der Waals surface area contributed by atoms with Crippen molar-refractivity contribution in [1.82, 2.24) is 4.98 Å². The van der Waals surface area contributed by atoms with Crippen LogP contribution in [0.25, 0.3) is 0 Å².